The predicted octanol–water partition coefficient (Wildman–Crippen LogP) is 5.88. The summed E-state index contributed by atoms with van der Waals surface area (Å²) in [5.74, 6) is 5.53. The highest BCUT2D eigenvalue weighted by molar-refractivity contribution is 6.12. The van der Waals surface area contributed by atoms with Crippen molar-refractivity contribution in [1.29, 1.82) is 0 Å². The summed E-state index contributed by atoms with van der Waals surface area (Å²) in [5.41, 5.74) is 2.83. The molecule has 65 heavy (non-hydrogen) atoms. The average Bonchev–Trinajstić information content (AvgIpc) is 3.84. The Balaban J connectivity index is 1.21. The van der Waals surface area contributed by atoms with Crippen molar-refractivity contribution in [2.75, 3.05) is 56.7 Å². The molecule has 0 radical (unpaired) electrons. The number of nitrogens with one attached hydrogen (secondary N) is 1. The number of benzene rings is 5. The van der Waals surface area contributed by atoms with E-state index in [0.717, 1.165) is 16.7 Å². The first-order valence-corrected chi connectivity index (χ1v) is 21.7. The highest BCUT2D eigenvalue weighted by Gasteiger charge is 2.74. The number of hydrogen-bond acceptors (Lipinski definition) is 11. The minimum atomic E-state index is -1.75. The van der Waals surface area contributed by atoms with E-state index < -0.39 is 47.4 Å². The van der Waals surface area contributed by atoms with Gasteiger partial charge in [0.1, 0.15) is 35.7 Å². The number of ether oxygens (including phenoxy) is 3. The van der Waals surface area contributed by atoms with Gasteiger partial charge in [0.15, 0.2) is 0 Å². The molecule has 1 spiro atoms. The Labute approximate surface area is 376 Å². The zero-order chi connectivity index (χ0) is 44.5. The van der Waals surface area contributed by atoms with E-state index in [0.29, 0.717) is 66.0 Å². The van der Waals surface area contributed by atoms with Crippen LogP contribution >= 0.6 is 0 Å². The Kier molecular flexibility index (Phi) is 11.2. The molecule has 10 rings (SSSR count). The first-order valence-electron chi connectivity index (χ1n) is 21.7. The van der Waals surface area contributed by atoms with Gasteiger partial charge in [-0.1, -0.05) is 90.7 Å². The second-order valence-corrected chi connectivity index (χ2v) is 16.4. The summed E-state index contributed by atoms with van der Waals surface area (Å²) in [6, 6.07) is 38.5. The van der Waals surface area contributed by atoms with Crippen LogP contribution in [0.1, 0.15) is 51.6 Å². The van der Waals surface area contributed by atoms with Crippen molar-refractivity contribution in [2.24, 2.45) is 5.92 Å². The zero-order valence-electron chi connectivity index (χ0n) is 35.6. The maximum Gasteiger partial charge on any atom is 0.324 e. The maximum atomic E-state index is 16.0. The molecule has 6 unspecified atom stereocenters. The number of piperazine rings is 1. The van der Waals surface area contributed by atoms with E-state index in [1.54, 1.807) is 36.5 Å². The molecule has 4 aliphatic heterocycles. The van der Waals surface area contributed by atoms with Gasteiger partial charge in [-0.3, -0.25) is 19.3 Å². The summed E-state index contributed by atoms with van der Waals surface area (Å²) in [7, 11) is 1.61. The van der Waals surface area contributed by atoms with Crippen LogP contribution in [0, 0.1) is 17.8 Å². The molecule has 2 amide bonds. The van der Waals surface area contributed by atoms with Crippen molar-refractivity contribution in [3.8, 4) is 23.3 Å². The highest BCUT2D eigenvalue weighted by atomic mass is 16.6. The van der Waals surface area contributed by atoms with Gasteiger partial charge in [-0.05, 0) is 71.3 Å². The van der Waals surface area contributed by atoms with Crippen molar-refractivity contribution in [2.45, 2.75) is 29.6 Å². The highest BCUT2D eigenvalue weighted by Crippen LogP contribution is 2.66. The average molecular weight is 867 g/mol. The fourth-order valence-corrected chi connectivity index (χ4v) is 10.2. The van der Waals surface area contributed by atoms with E-state index >= 15 is 14.4 Å². The van der Waals surface area contributed by atoms with E-state index in [1.807, 2.05) is 126 Å². The number of aromatic nitrogens is 2. The molecule has 5 heterocycles. The number of morpholine rings is 1. The summed E-state index contributed by atoms with van der Waals surface area (Å²) >= 11 is 0. The summed E-state index contributed by atoms with van der Waals surface area (Å²) in [6.45, 7) is 1.18. The standard InChI is InChI=1S/C52H46N6O7/c1-63-38-22-19-34(20-23-38)17-18-35-21-24-41-40(33-35)52(50(62)55-41)43(48(60)56-27-29-57(30-28-56)51-53-25-10-26-54-51)45-49(61)65-46(37-13-6-3-7-14-37)44(36-11-4-2-5-12-36)58(45)47(52)39-15-8-9-16-42(39)64-32-31-59/h2-16,19-26,33,43-47,59H,27-32H2,1H3,(H,55,62). The number of aliphatic hydroxyl groups excluding tert-OH is 1. The first kappa shape index (κ1) is 41.5. The summed E-state index contributed by atoms with van der Waals surface area (Å²) in [6.07, 6.45) is 2.54. The molecule has 2 N–H and O–H groups in total. The summed E-state index contributed by atoms with van der Waals surface area (Å²) in [4.78, 5) is 61.9. The van der Waals surface area contributed by atoms with Crippen molar-refractivity contribution < 1.29 is 33.7 Å². The van der Waals surface area contributed by atoms with E-state index in [4.69, 9.17) is 14.2 Å². The number of para-hydroxylation sites is 1. The molecule has 0 bridgehead atoms. The summed E-state index contributed by atoms with van der Waals surface area (Å²) < 4.78 is 18.3. The van der Waals surface area contributed by atoms with Gasteiger partial charge in [0.25, 0.3) is 0 Å². The number of carbonyl (C=O) groups excluding carboxylic acids is 3. The van der Waals surface area contributed by atoms with Crippen LogP contribution in [0.4, 0.5) is 11.6 Å². The second-order valence-electron chi connectivity index (χ2n) is 16.4. The van der Waals surface area contributed by atoms with Crippen LogP contribution in [0.3, 0.4) is 0 Å². The fourth-order valence-electron chi connectivity index (χ4n) is 10.2. The quantitative estimate of drug-likeness (QED) is 0.133. The van der Waals surface area contributed by atoms with E-state index in [2.05, 4.69) is 32.0 Å². The van der Waals surface area contributed by atoms with E-state index in [9.17, 15) is 5.11 Å². The van der Waals surface area contributed by atoms with E-state index in [-0.39, 0.29) is 19.1 Å². The number of rotatable bonds is 9. The van der Waals surface area contributed by atoms with Crippen molar-refractivity contribution in [1.82, 2.24) is 19.8 Å². The number of amides is 2. The van der Waals surface area contributed by atoms with Gasteiger partial charge in [-0.25, -0.2) is 9.97 Å². The smallest absolute Gasteiger partial charge is 0.324 e. The molecular formula is C52H46N6O7. The molecule has 0 saturated carbocycles. The Hall–Kier alpha value is -7.53. The SMILES string of the molecule is COc1ccc(C#Cc2ccc3c(c2)C2(C(=O)N3)C(C(=O)N3CCN(c4ncccn4)CC3)C3C(=O)OC(c4ccccc4)C(c4ccccc4)N3C2c2ccccc2OCCO)cc1. The van der Waals surface area contributed by atoms with Gasteiger partial charge in [-0.15, -0.1) is 0 Å². The molecule has 13 heteroatoms. The Morgan fingerprint density at radius 3 is 2.17 bits per heavy atom. The molecule has 4 aliphatic rings. The van der Waals surface area contributed by atoms with Crippen LogP contribution in [0.25, 0.3) is 0 Å². The topological polar surface area (TPSA) is 147 Å². The van der Waals surface area contributed by atoms with Crippen LogP contribution in [0.2, 0.25) is 0 Å². The van der Waals surface area contributed by atoms with Crippen LogP contribution < -0.4 is 19.7 Å². The van der Waals surface area contributed by atoms with Crippen LogP contribution in [-0.2, 0) is 24.5 Å². The zero-order valence-corrected chi connectivity index (χ0v) is 35.6. The lowest BCUT2D eigenvalue weighted by atomic mass is 9.64. The fraction of sp³-hybridized carbons (Fsp3) is 0.250. The number of anilines is 2. The number of fused-ring (bicyclic) bond motifs is 3. The molecule has 3 fully saturated rings. The lowest BCUT2D eigenvalue weighted by Crippen LogP contribution is -2.58. The molecule has 13 nitrogen and oxygen atoms in total. The van der Waals surface area contributed by atoms with Gasteiger partial charge in [0.2, 0.25) is 17.8 Å². The molecule has 6 aromatic rings. The molecule has 3 saturated heterocycles. The summed E-state index contributed by atoms with van der Waals surface area (Å²) in [5, 5.41) is 13.2. The minimum Gasteiger partial charge on any atom is -0.497 e. The monoisotopic (exact) mass is 866 g/mol. The number of hydrogen-bond donors (Lipinski definition) is 2. The van der Waals surface area contributed by atoms with Crippen molar-refractivity contribution in [3.63, 3.8) is 0 Å². The molecular weight excluding hydrogens is 821 g/mol. The Bertz CT molecular complexity index is 2780. The van der Waals surface area contributed by atoms with Gasteiger partial charge < -0.3 is 34.4 Å². The molecule has 326 valence electrons. The normalized spacial score (nSPS) is 23.4. The van der Waals surface area contributed by atoms with Gasteiger partial charge >= 0.3 is 5.97 Å². The Morgan fingerprint density at radius 1 is 0.800 bits per heavy atom. The van der Waals surface area contributed by atoms with Crippen molar-refractivity contribution in [3.05, 3.63) is 179 Å². The number of esters is 1. The molecule has 6 atom stereocenters. The molecule has 1 aromatic heterocycles. The van der Waals surface area contributed by atoms with Gasteiger partial charge in [0, 0.05) is 61.0 Å². The predicted molar refractivity (Wildman–Crippen MR) is 242 cm³/mol. The largest absolute Gasteiger partial charge is 0.497 e. The third-order valence-electron chi connectivity index (χ3n) is 13.0. The van der Waals surface area contributed by atoms with Crippen LogP contribution in [-0.4, -0.2) is 95.2 Å². The van der Waals surface area contributed by atoms with Crippen LogP contribution in [0.15, 0.2) is 146 Å². The maximum absolute atomic E-state index is 16.0. The first-order chi connectivity index (χ1) is 31.9. The number of methoxy groups -OCH3 is 1. The third kappa shape index (κ3) is 7.30. The van der Waals surface area contributed by atoms with Crippen molar-refractivity contribution >= 4 is 29.4 Å². The number of nitrogens with zero attached hydrogens (tertiary/aromatic N) is 5. The van der Waals surface area contributed by atoms with Gasteiger partial charge in [-0.2, -0.15) is 0 Å². The Morgan fingerprint density at radius 2 is 1.46 bits per heavy atom. The number of cyclic esters (lactones) is 1. The van der Waals surface area contributed by atoms with E-state index in [1.165, 1.54) is 0 Å². The number of aliphatic hydroxyl groups is 1. The lowest BCUT2D eigenvalue weighted by molar-refractivity contribution is -0.179. The lowest BCUT2D eigenvalue weighted by Gasteiger charge is -2.46. The number of carbonyl (C=O) groups is 3. The third-order valence-corrected chi connectivity index (χ3v) is 13.0. The van der Waals surface area contributed by atoms with Crippen LogP contribution in [0.5, 0.6) is 11.5 Å². The molecule has 0 aliphatic carbocycles. The minimum absolute atomic E-state index is 0.0252. The molecule has 5 aromatic carbocycles. The van der Waals surface area contributed by atoms with Gasteiger partial charge in [0.05, 0.1) is 31.7 Å². The second kappa shape index (κ2) is 17.6.